The maximum atomic E-state index is 11.5. The van der Waals surface area contributed by atoms with E-state index in [0.29, 0.717) is 0 Å². The van der Waals surface area contributed by atoms with Crippen molar-refractivity contribution in [1.82, 2.24) is 9.78 Å². The quantitative estimate of drug-likeness (QED) is 0.687. The molecular formula is C19H21N5O. The maximum absolute atomic E-state index is 11.5. The normalized spacial score (nSPS) is 15.0. The second kappa shape index (κ2) is 7.22. The van der Waals surface area contributed by atoms with Gasteiger partial charge in [0.2, 0.25) is 0 Å². The Hall–Kier alpha value is -3.07. The summed E-state index contributed by atoms with van der Waals surface area (Å²) >= 11 is 0. The van der Waals surface area contributed by atoms with E-state index >= 15 is 0 Å². The third-order valence-electron chi connectivity index (χ3n) is 4.41. The number of carbonyl (C=O) groups excluding carboxylic acids is 1. The zero-order valence-corrected chi connectivity index (χ0v) is 14.3. The van der Waals surface area contributed by atoms with Gasteiger partial charge in [0.25, 0.3) is 5.91 Å². The Labute approximate surface area is 147 Å². The molecule has 0 bridgehead atoms. The number of anilines is 1. The van der Waals surface area contributed by atoms with Gasteiger partial charge in [0.1, 0.15) is 17.5 Å². The second-order valence-electron chi connectivity index (χ2n) is 6.15. The lowest BCUT2D eigenvalue weighted by Gasteiger charge is -2.29. The number of hydrogen-bond acceptors (Lipinski definition) is 4. The predicted molar refractivity (Wildman–Crippen MR) is 97.1 cm³/mol. The molecule has 128 valence electrons. The van der Waals surface area contributed by atoms with Crippen molar-refractivity contribution in [2.45, 2.75) is 26.2 Å². The molecule has 1 aromatic heterocycles. The van der Waals surface area contributed by atoms with E-state index in [1.807, 2.05) is 48.0 Å². The average Bonchev–Trinajstić information content (AvgIpc) is 2.97. The minimum Gasteiger partial charge on any atom is -0.365 e. The first kappa shape index (κ1) is 16.8. The van der Waals surface area contributed by atoms with E-state index in [2.05, 4.69) is 10.00 Å². The van der Waals surface area contributed by atoms with Gasteiger partial charge in [0.15, 0.2) is 0 Å². The van der Waals surface area contributed by atoms with Gasteiger partial charge >= 0.3 is 0 Å². The van der Waals surface area contributed by atoms with E-state index < -0.39 is 5.91 Å². The van der Waals surface area contributed by atoms with E-state index in [-0.39, 0.29) is 5.57 Å². The third kappa shape index (κ3) is 3.41. The van der Waals surface area contributed by atoms with Crippen LogP contribution in [0.15, 0.2) is 35.9 Å². The molecule has 1 aromatic carbocycles. The lowest BCUT2D eigenvalue weighted by molar-refractivity contribution is -0.114. The molecule has 0 saturated carbocycles. The number of nitriles is 1. The van der Waals surface area contributed by atoms with Crippen LogP contribution in [0.25, 0.3) is 11.8 Å². The van der Waals surface area contributed by atoms with Gasteiger partial charge in [-0.05, 0) is 44.4 Å². The molecule has 2 N–H and O–H groups in total. The van der Waals surface area contributed by atoms with Crippen molar-refractivity contribution < 1.29 is 4.79 Å². The lowest BCUT2D eigenvalue weighted by atomic mass is 10.1. The highest BCUT2D eigenvalue weighted by atomic mass is 16.1. The van der Waals surface area contributed by atoms with Gasteiger partial charge in [-0.25, -0.2) is 4.68 Å². The van der Waals surface area contributed by atoms with Crippen LogP contribution in [0, 0.1) is 18.3 Å². The summed E-state index contributed by atoms with van der Waals surface area (Å²) in [6.45, 7) is 3.74. The van der Waals surface area contributed by atoms with Crippen molar-refractivity contribution >= 4 is 17.8 Å². The van der Waals surface area contributed by atoms with E-state index in [1.54, 1.807) is 6.08 Å². The molecule has 1 fully saturated rings. The lowest BCUT2D eigenvalue weighted by Crippen LogP contribution is -2.31. The summed E-state index contributed by atoms with van der Waals surface area (Å²) in [7, 11) is 0. The Morgan fingerprint density at radius 1 is 1.24 bits per heavy atom. The highest BCUT2D eigenvalue weighted by molar-refractivity contribution is 6.01. The number of piperidine rings is 1. The first-order valence-electron chi connectivity index (χ1n) is 8.43. The fourth-order valence-electron chi connectivity index (χ4n) is 3.16. The molecule has 0 unspecified atom stereocenters. The van der Waals surface area contributed by atoms with E-state index in [9.17, 15) is 10.1 Å². The molecule has 1 amide bonds. The molecule has 25 heavy (non-hydrogen) atoms. The molecule has 0 spiro atoms. The largest absolute Gasteiger partial charge is 0.365 e. The van der Waals surface area contributed by atoms with Crippen LogP contribution in [-0.4, -0.2) is 28.8 Å². The van der Waals surface area contributed by atoms with Crippen molar-refractivity contribution in [2.75, 3.05) is 18.0 Å². The molecule has 6 nitrogen and oxygen atoms in total. The van der Waals surface area contributed by atoms with Crippen LogP contribution in [-0.2, 0) is 4.79 Å². The minimum atomic E-state index is -0.723. The molecule has 1 saturated heterocycles. The summed E-state index contributed by atoms with van der Waals surface area (Å²) in [5.41, 5.74) is 7.75. The van der Waals surface area contributed by atoms with Crippen LogP contribution in [0.1, 0.15) is 30.5 Å². The maximum Gasteiger partial charge on any atom is 0.259 e. The zero-order valence-electron chi connectivity index (χ0n) is 14.3. The van der Waals surface area contributed by atoms with Crippen LogP contribution in [0.4, 0.5) is 5.82 Å². The molecule has 6 heteroatoms. The molecular weight excluding hydrogens is 314 g/mol. The molecule has 2 aromatic rings. The van der Waals surface area contributed by atoms with Crippen molar-refractivity contribution in [3.63, 3.8) is 0 Å². The van der Waals surface area contributed by atoms with E-state index in [1.165, 1.54) is 6.42 Å². The van der Waals surface area contributed by atoms with Crippen molar-refractivity contribution in [1.29, 1.82) is 5.26 Å². The van der Waals surface area contributed by atoms with Crippen LogP contribution < -0.4 is 10.6 Å². The topological polar surface area (TPSA) is 87.9 Å². The fraction of sp³-hybridized carbons (Fsp3) is 0.316. The number of nitrogens with zero attached hydrogens (tertiary/aromatic N) is 4. The molecule has 0 atom stereocenters. The van der Waals surface area contributed by atoms with Crippen molar-refractivity contribution in [3.8, 4) is 11.8 Å². The predicted octanol–water partition coefficient (Wildman–Crippen LogP) is 2.56. The highest BCUT2D eigenvalue weighted by Crippen LogP contribution is 2.31. The van der Waals surface area contributed by atoms with Gasteiger partial charge in [-0.15, -0.1) is 0 Å². The Balaban J connectivity index is 2.19. The molecule has 0 aliphatic carbocycles. The summed E-state index contributed by atoms with van der Waals surface area (Å²) in [6, 6.07) is 11.8. The fourth-order valence-corrected chi connectivity index (χ4v) is 3.16. The number of primary amides is 1. The van der Waals surface area contributed by atoms with Crippen molar-refractivity contribution in [3.05, 3.63) is 47.2 Å². The number of aromatic nitrogens is 2. The first-order chi connectivity index (χ1) is 12.1. The van der Waals surface area contributed by atoms with Gasteiger partial charge in [0, 0.05) is 18.7 Å². The van der Waals surface area contributed by atoms with Crippen LogP contribution in [0.3, 0.4) is 0 Å². The number of rotatable bonds is 4. The van der Waals surface area contributed by atoms with Crippen LogP contribution >= 0.6 is 0 Å². The highest BCUT2D eigenvalue weighted by Gasteiger charge is 2.23. The number of amides is 1. The Morgan fingerprint density at radius 2 is 1.92 bits per heavy atom. The monoisotopic (exact) mass is 335 g/mol. The number of aryl methyl sites for hydroxylation is 1. The smallest absolute Gasteiger partial charge is 0.259 e. The summed E-state index contributed by atoms with van der Waals surface area (Å²) in [4.78, 5) is 13.8. The van der Waals surface area contributed by atoms with Gasteiger partial charge in [-0.1, -0.05) is 18.2 Å². The van der Waals surface area contributed by atoms with Gasteiger partial charge < -0.3 is 10.6 Å². The summed E-state index contributed by atoms with van der Waals surface area (Å²) < 4.78 is 1.89. The Kier molecular flexibility index (Phi) is 4.85. The summed E-state index contributed by atoms with van der Waals surface area (Å²) in [6.07, 6.45) is 5.01. The minimum absolute atomic E-state index is 0.0611. The number of para-hydroxylation sites is 1. The van der Waals surface area contributed by atoms with Crippen molar-refractivity contribution in [2.24, 2.45) is 5.73 Å². The Morgan fingerprint density at radius 3 is 2.52 bits per heavy atom. The van der Waals surface area contributed by atoms with E-state index in [4.69, 9.17) is 5.73 Å². The molecule has 0 radical (unpaired) electrons. The SMILES string of the molecule is Cc1nn(-c2ccccc2)c(N2CCCCC2)c1/C=C(\C#N)C(N)=O. The number of carbonyl (C=O) groups is 1. The third-order valence-corrected chi connectivity index (χ3v) is 4.41. The number of benzene rings is 1. The van der Waals surface area contributed by atoms with E-state index in [0.717, 1.165) is 48.7 Å². The second-order valence-corrected chi connectivity index (χ2v) is 6.15. The Bertz CT molecular complexity index is 839. The van der Waals surface area contributed by atoms with Gasteiger partial charge in [-0.3, -0.25) is 4.79 Å². The summed E-state index contributed by atoms with van der Waals surface area (Å²) in [5, 5.41) is 13.9. The average molecular weight is 335 g/mol. The molecule has 1 aliphatic rings. The molecule has 1 aliphatic heterocycles. The zero-order chi connectivity index (χ0) is 17.8. The summed E-state index contributed by atoms with van der Waals surface area (Å²) in [5.74, 6) is 0.191. The number of nitrogens with two attached hydrogens (primary N) is 1. The van der Waals surface area contributed by atoms with Crippen LogP contribution in [0.5, 0.6) is 0 Å². The molecule has 2 heterocycles. The standard InChI is InChI=1S/C19H21N5O/c1-14-17(12-15(13-20)18(21)25)19(23-10-6-3-7-11-23)24(22-14)16-8-4-2-5-9-16/h2,4-5,8-9,12H,3,6-7,10-11H2,1H3,(H2,21,25)/b15-12+. The van der Waals surface area contributed by atoms with Crippen LogP contribution in [0.2, 0.25) is 0 Å². The molecule has 3 rings (SSSR count). The first-order valence-corrected chi connectivity index (χ1v) is 8.43. The van der Waals surface area contributed by atoms with Gasteiger partial charge in [-0.2, -0.15) is 10.4 Å². The number of hydrogen-bond donors (Lipinski definition) is 1. The van der Waals surface area contributed by atoms with Gasteiger partial charge in [0.05, 0.1) is 11.4 Å².